The van der Waals surface area contributed by atoms with Crippen molar-refractivity contribution < 1.29 is 0 Å². The van der Waals surface area contributed by atoms with Crippen molar-refractivity contribution in [3.63, 3.8) is 0 Å². The number of hydrogen-bond donors (Lipinski definition) is 1. The fourth-order valence-corrected chi connectivity index (χ4v) is 2.72. The smallest absolute Gasteiger partial charge is 0.111 e. The maximum atomic E-state index is 4.82. The molecule has 0 atom stereocenters. The minimum absolute atomic E-state index is 0.461. The molecule has 19 heavy (non-hydrogen) atoms. The Bertz CT molecular complexity index is 538. The summed E-state index contributed by atoms with van der Waals surface area (Å²) >= 11 is 0. The fourth-order valence-electron chi connectivity index (χ4n) is 2.72. The summed E-state index contributed by atoms with van der Waals surface area (Å²) in [6, 6.07) is 1.97. The highest BCUT2D eigenvalue weighted by molar-refractivity contribution is 5.21. The third-order valence-corrected chi connectivity index (χ3v) is 3.64. The summed E-state index contributed by atoms with van der Waals surface area (Å²) in [4.78, 5) is 4.82. The van der Waals surface area contributed by atoms with Crippen LogP contribution in [-0.4, -0.2) is 25.9 Å². The molecular weight excluding hydrogens is 238 g/mol. The molecule has 0 bridgehead atoms. The van der Waals surface area contributed by atoms with E-state index in [0.717, 1.165) is 32.6 Å². The first kappa shape index (κ1) is 12.4. The Labute approximate surface area is 113 Å². The molecule has 0 aliphatic carbocycles. The van der Waals surface area contributed by atoms with Crippen molar-refractivity contribution in [3.05, 3.63) is 35.7 Å². The molecule has 1 N–H and O–H groups in total. The third kappa shape index (κ3) is 2.42. The topological polar surface area (TPSA) is 47.7 Å². The molecule has 0 saturated heterocycles. The van der Waals surface area contributed by atoms with Crippen LogP contribution in [0.1, 0.15) is 37.0 Å². The second kappa shape index (κ2) is 5.17. The molecule has 0 amide bonds. The van der Waals surface area contributed by atoms with Gasteiger partial charge in [-0.2, -0.15) is 5.10 Å². The second-order valence-electron chi connectivity index (χ2n) is 5.37. The standard InChI is InChI=1S/C14H21N5/c1-11(2)14-17-12-10-15-6-4-13(12)19(14)9-8-18-7-3-5-16-18/h3,5,7,11,15H,4,6,8-10H2,1-2H3. The largest absolute Gasteiger partial charge is 0.330 e. The van der Waals surface area contributed by atoms with Crippen LogP contribution >= 0.6 is 0 Å². The van der Waals surface area contributed by atoms with E-state index in [0.29, 0.717) is 5.92 Å². The first-order chi connectivity index (χ1) is 9.25. The van der Waals surface area contributed by atoms with E-state index in [1.807, 2.05) is 23.1 Å². The van der Waals surface area contributed by atoms with Gasteiger partial charge in [-0.3, -0.25) is 4.68 Å². The van der Waals surface area contributed by atoms with E-state index in [-0.39, 0.29) is 0 Å². The van der Waals surface area contributed by atoms with E-state index in [4.69, 9.17) is 4.98 Å². The van der Waals surface area contributed by atoms with Crippen LogP contribution in [0.15, 0.2) is 18.5 Å². The molecule has 0 saturated carbocycles. The van der Waals surface area contributed by atoms with Gasteiger partial charge in [0.05, 0.1) is 12.2 Å². The average Bonchev–Trinajstić information content (AvgIpc) is 3.03. The number of fused-ring (bicyclic) bond motifs is 1. The highest BCUT2D eigenvalue weighted by Crippen LogP contribution is 2.21. The van der Waals surface area contributed by atoms with Gasteiger partial charge in [0.15, 0.2) is 0 Å². The lowest BCUT2D eigenvalue weighted by Gasteiger charge is -2.17. The molecule has 0 unspecified atom stereocenters. The highest BCUT2D eigenvalue weighted by Gasteiger charge is 2.20. The van der Waals surface area contributed by atoms with Gasteiger partial charge >= 0.3 is 0 Å². The number of nitrogens with one attached hydrogen (secondary N) is 1. The SMILES string of the molecule is CC(C)c1nc2c(n1CCn1cccn1)CCNC2. The normalized spacial score (nSPS) is 14.9. The van der Waals surface area contributed by atoms with Crippen LogP contribution in [0.25, 0.3) is 0 Å². The lowest BCUT2D eigenvalue weighted by molar-refractivity contribution is 0.493. The average molecular weight is 259 g/mol. The first-order valence-electron chi connectivity index (χ1n) is 7.02. The van der Waals surface area contributed by atoms with E-state index in [9.17, 15) is 0 Å². The molecule has 0 radical (unpaired) electrons. The Morgan fingerprint density at radius 3 is 3.00 bits per heavy atom. The molecule has 3 heterocycles. The number of hydrogen-bond acceptors (Lipinski definition) is 3. The Hall–Kier alpha value is -1.62. The molecule has 0 aromatic carbocycles. The molecule has 3 rings (SSSR count). The molecule has 1 aliphatic heterocycles. The molecule has 2 aromatic heterocycles. The van der Waals surface area contributed by atoms with Gasteiger partial charge in [0, 0.05) is 50.1 Å². The quantitative estimate of drug-likeness (QED) is 0.906. The zero-order valence-electron chi connectivity index (χ0n) is 11.6. The number of imidazole rings is 1. The Morgan fingerprint density at radius 2 is 2.26 bits per heavy atom. The summed E-state index contributed by atoms with van der Waals surface area (Å²) < 4.78 is 4.39. The van der Waals surface area contributed by atoms with Crippen molar-refractivity contribution >= 4 is 0 Å². The van der Waals surface area contributed by atoms with Crippen molar-refractivity contribution in [2.24, 2.45) is 0 Å². The Balaban J connectivity index is 1.87. The summed E-state index contributed by atoms with van der Waals surface area (Å²) in [6.45, 7) is 8.25. The predicted molar refractivity (Wildman–Crippen MR) is 74.0 cm³/mol. The third-order valence-electron chi connectivity index (χ3n) is 3.64. The maximum absolute atomic E-state index is 4.82. The van der Waals surface area contributed by atoms with Crippen molar-refractivity contribution in [2.75, 3.05) is 6.54 Å². The summed E-state index contributed by atoms with van der Waals surface area (Å²) in [5, 5.41) is 7.67. The van der Waals surface area contributed by atoms with Gasteiger partial charge in [-0.15, -0.1) is 0 Å². The van der Waals surface area contributed by atoms with Gasteiger partial charge in [0.25, 0.3) is 0 Å². The van der Waals surface area contributed by atoms with E-state index in [2.05, 4.69) is 28.8 Å². The number of nitrogens with zero attached hydrogens (tertiary/aromatic N) is 4. The van der Waals surface area contributed by atoms with Crippen LogP contribution in [0.2, 0.25) is 0 Å². The van der Waals surface area contributed by atoms with Crippen molar-refractivity contribution in [3.8, 4) is 0 Å². The van der Waals surface area contributed by atoms with Crippen LogP contribution in [0, 0.1) is 0 Å². The molecule has 5 nitrogen and oxygen atoms in total. The van der Waals surface area contributed by atoms with Gasteiger partial charge in [-0.1, -0.05) is 13.8 Å². The van der Waals surface area contributed by atoms with E-state index >= 15 is 0 Å². The molecule has 0 spiro atoms. The van der Waals surface area contributed by atoms with Gasteiger partial charge in [0.1, 0.15) is 5.82 Å². The Morgan fingerprint density at radius 1 is 1.37 bits per heavy atom. The summed E-state index contributed by atoms with van der Waals surface area (Å²) in [5.74, 6) is 1.67. The maximum Gasteiger partial charge on any atom is 0.111 e. The molecule has 0 fully saturated rings. The first-order valence-corrected chi connectivity index (χ1v) is 7.02. The molecular formula is C14H21N5. The van der Waals surface area contributed by atoms with Gasteiger partial charge in [-0.05, 0) is 6.07 Å². The summed E-state index contributed by atoms with van der Waals surface area (Å²) in [5.41, 5.74) is 2.64. The van der Waals surface area contributed by atoms with Gasteiger partial charge in [-0.25, -0.2) is 4.98 Å². The van der Waals surface area contributed by atoms with Crippen LogP contribution in [0.3, 0.4) is 0 Å². The van der Waals surface area contributed by atoms with Crippen LogP contribution in [0.4, 0.5) is 0 Å². The summed E-state index contributed by atoms with van der Waals surface area (Å²) in [7, 11) is 0. The fraction of sp³-hybridized carbons (Fsp3) is 0.571. The van der Waals surface area contributed by atoms with E-state index in [1.165, 1.54) is 17.2 Å². The molecule has 102 valence electrons. The lowest BCUT2D eigenvalue weighted by Crippen LogP contribution is -2.25. The zero-order valence-corrected chi connectivity index (χ0v) is 11.6. The number of aryl methyl sites for hydroxylation is 1. The second-order valence-corrected chi connectivity index (χ2v) is 5.37. The van der Waals surface area contributed by atoms with Gasteiger partial charge < -0.3 is 9.88 Å². The van der Waals surface area contributed by atoms with Crippen LogP contribution in [-0.2, 0) is 26.1 Å². The predicted octanol–water partition coefficient (Wildman–Crippen LogP) is 1.55. The van der Waals surface area contributed by atoms with Crippen molar-refractivity contribution in [1.29, 1.82) is 0 Å². The molecule has 5 heteroatoms. The minimum atomic E-state index is 0.461. The van der Waals surface area contributed by atoms with Crippen LogP contribution < -0.4 is 5.32 Å². The minimum Gasteiger partial charge on any atom is -0.330 e. The zero-order chi connectivity index (χ0) is 13.2. The highest BCUT2D eigenvalue weighted by atomic mass is 15.3. The monoisotopic (exact) mass is 259 g/mol. The number of rotatable bonds is 4. The summed E-state index contributed by atoms with van der Waals surface area (Å²) in [6.07, 6.45) is 4.92. The van der Waals surface area contributed by atoms with E-state index in [1.54, 1.807) is 0 Å². The van der Waals surface area contributed by atoms with E-state index < -0.39 is 0 Å². The van der Waals surface area contributed by atoms with Gasteiger partial charge in [0.2, 0.25) is 0 Å². The lowest BCUT2D eigenvalue weighted by atomic mass is 10.2. The van der Waals surface area contributed by atoms with Crippen molar-refractivity contribution in [1.82, 2.24) is 24.6 Å². The van der Waals surface area contributed by atoms with Crippen molar-refractivity contribution in [2.45, 2.75) is 45.8 Å². The number of aromatic nitrogens is 4. The molecule has 1 aliphatic rings. The molecule has 2 aromatic rings. The Kier molecular flexibility index (Phi) is 3.38. The van der Waals surface area contributed by atoms with Crippen LogP contribution in [0.5, 0.6) is 0 Å².